The molecule has 0 radical (unpaired) electrons. The second kappa shape index (κ2) is 14.0. The van der Waals surface area contributed by atoms with Crippen molar-refractivity contribution in [2.75, 3.05) is 6.61 Å². The van der Waals surface area contributed by atoms with Gasteiger partial charge in [0.2, 0.25) is 0 Å². The van der Waals surface area contributed by atoms with Crippen LogP contribution in [0.15, 0.2) is 66.2 Å². The molecule has 0 saturated heterocycles. The molecule has 3 aromatic carbocycles. The Morgan fingerprint density at radius 1 is 0.825 bits per heavy atom. The lowest BCUT2D eigenvalue weighted by Crippen LogP contribution is -2.16. The zero-order valence-corrected chi connectivity index (χ0v) is 24.9. The number of phenols is 2. The highest BCUT2D eigenvalue weighted by atomic mass is 16.3. The lowest BCUT2D eigenvalue weighted by atomic mass is 9.74. The van der Waals surface area contributed by atoms with Crippen LogP contribution in [0.3, 0.4) is 0 Å². The largest absolute Gasteiger partial charge is 0.507 e. The Morgan fingerprint density at radius 2 is 1.38 bits per heavy atom. The third-order valence-electron chi connectivity index (χ3n) is 9.13. The lowest BCUT2D eigenvalue weighted by Gasteiger charge is -2.31. The number of benzene rings is 3. The molecule has 1 aliphatic carbocycles. The first kappa shape index (κ1) is 29.9. The summed E-state index contributed by atoms with van der Waals surface area (Å²) < 4.78 is 0. The predicted molar refractivity (Wildman–Crippen MR) is 167 cm³/mol. The quantitative estimate of drug-likeness (QED) is 0.201. The molecule has 3 heteroatoms. The second-order valence-corrected chi connectivity index (χ2v) is 12.1. The molecule has 3 nitrogen and oxygen atoms in total. The van der Waals surface area contributed by atoms with Crippen molar-refractivity contribution < 1.29 is 15.3 Å². The van der Waals surface area contributed by atoms with Crippen LogP contribution in [0.4, 0.5) is 0 Å². The van der Waals surface area contributed by atoms with Crippen molar-refractivity contribution in [2.45, 2.75) is 91.4 Å². The van der Waals surface area contributed by atoms with Gasteiger partial charge in [0.25, 0.3) is 0 Å². The van der Waals surface area contributed by atoms with E-state index in [9.17, 15) is 15.3 Å². The molecule has 214 valence electrons. The molecule has 3 atom stereocenters. The van der Waals surface area contributed by atoms with E-state index in [-0.39, 0.29) is 24.0 Å². The SMILES string of the molecule is CCCCCC(C)C(C)c1c(Cc2ccccc2)c(O)c(C2=C(CO)CCC(C)C2)c(O)c1Cc1ccccc1. The molecule has 40 heavy (non-hydrogen) atoms. The first-order valence-electron chi connectivity index (χ1n) is 15.3. The molecular weight excluding hydrogens is 492 g/mol. The number of unbranched alkanes of at least 4 members (excludes halogenated alkanes) is 2. The third kappa shape index (κ3) is 6.81. The van der Waals surface area contributed by atoms with E-state index < -0.39 is 0 Å². The number of hydrogen-bond donors (Lipinski definition) is 3. The van der Waals surface area contributed by atoms with Gasteiger partial charge >= 0.3 is 0 Å². The van der Waals surface area contributed by atoms with E-state index in [2.05, 4.69) is 52.0 Å². The molecule has 0 aromatic heterocycles. The van der Waals surface area contributed by atoms with Gasteiger partial charge in [-0.1, -0.05) is 114 Å². The van der Waals surface area contributed by atoms with Crippen LogP contribution in [0.5, 0.6) is 11.5 Å². The van der Waals surface area contributed by atoms with Crippen LogP contribution in [-0.2, 0) is 12.8 Å². The fourth-order valence-electron chi connectivity index (χ4n) is 6.52. The number of allylic oxidation sites excluding steroid dienone is 1. The van der Waals surface area contributed by atoms with Gasteiger partial charge in [-0.15, -0.1) is 0 Å². The highest BCUT2D eigenvalue weighted by molar-refractivity contribution is 5.82. The summed E-state index contributed by atoms with van der Waals surface area (Å²) in [6.07, 6.45) is 8.46. The minimum Gasteiger partial charge on any atom is -0.507 e. The van der Waals surface area contributed by atoms with Gasteiger partial charge in [-0.3, -0.25) is 0 Å². The minimum atomic E-state index is -0.0460. The average molecular weight is 541 g/mol. The zero-order valence-electron chi connectivity index (χ0n) is 24.9. The van der Waals surface area contributed by atoms with Gasteiger partial charge < -0.3 is 15.3 Å². The summed E-state index contributed by atoms with van der Waals surface area (Å²) in [4.78, 5) is 0. The Bertz CT molecular complexity index is 1210. The number of hydrogen-bond acceptors (Lipinski definition) is 3. The van der Waals surface area contributed by atoms with E-state index >= 15 is 0 Å². The topological polar surface area (TPSA) is 60.7 Å². The lowest BCUT2D eigenvalue weighted by molar-refractivity contribution is 0.319. The zero-order chi connectivity index (χ0) is 28.6. The van der Waals surface area contributed by atoms with Gasteiger partial charge in [0.05, 0.1) is 12.2 Å². The van der Waals surface area contributed by atoms with Crippen LogP contribution in [0.1, 0.15) is 112 Å². The normalized spacial score (nSPS) is 17.2. The van der Waals surface area contributed by atoms with Gasteiger partial charge in [0, 0.05) is 24.0 Å². The predicted octanol–water partition coefficient (Wildman–Crippen LogP) is 9.17. The Balaban J connectivity index is 1.99. The van der Waals surface area contributed by atoms with Crippen molar-refractivity contribution in [1.82, 2.24) is 0 Å². The van der Waals surface area contributed by atoms with Crippen molar-refractivity contribution in [3.05, 3.63) is 99.6 Å². The van der Waals surface area contributed by atoms with Gasteiger partial charge in [0.1, 0.15) is 11.5 Å². The Hall–Kier alpha value is -3.04. The second-order valence-electron chi connectivity index (χ2n) is 12.1. The maximum atomic E-state index is 12.1. The maximum Gasteiger partial charge on any atom is 0.130 e. The highest BCUT2D eigenvalue weighted by Crippen LogP contribution is 2.50. The summed E-state index contributed by atoms with van der Waals surface area (Å²) in [6.45, 7) is 8.99. The van der Waals surface area contributed by atoms with Crippen LogP contribution >= 0.6 is 0 Å². The highest BCUT2D eigenvalue weighted by Gasteiger charge is 2.32. The summed E-state index contributed by atoms with van der Waals surface area (Å²) >= 11 is 0. The van der Waals surface area contributed by atoms with Crippen LogP contribution in [0, 0.1) is 11.8 Å². The fraction of sp³-hybridized carbons (Fsp3) is 0.459. The van der Waals surface area contributed by atoms with Crippen molar-refractivity contribution in [1.29, 1.82) is 0 Å². The smallest absolute Gasteiger partial charge is 0.130 e. The van der Waals surface area contributed by atoms with Crippen LogP contribution in [-0.4, -0.2) is 21.9 Å². The number of aromatic hydroxyl groups is 2. The molecule has 0 bridgehead atoms. The minimum absolute atomic E-state index is 0.0460. The summed E-state index contributed by atoms with van der Waals surface area (Å²) in [5, 5.41) is 34.5. The summed E-state index contributed by atoms with van der Waals surface area (Å²) in [7, 11) is 0. The molecule has 0 spiro atoms. The molecule has 0 heterocycles. The van der Waals surface area contributed by atoms with Crippen molar-refractivity contribution in [2.24, 2.45) is 11.8 Å². The molecule has 0 aliphatic heterocycles. The molecular formula is C37H48O3. The van der Waals surface area contributed by atoms with E-state index in [4.69, 9.17) is 0 Å². The average Bonchev–Trinajstić information content (AvgIpc) is 2.96. The Labute approximate surface area is 241 Å². The van der Waals surface area contributed by atoms with Gasteiger partial charge in [-0.25, -0.2) is 0 Å². The van der Waals surface area contributed by atoms with Gasteiger partial charge in [0.15, 0.2) is 0 Å². The van der Waals surface area contributed by atoms with Crippen molar-refractivity contribution >= 4 is 5.57 Å². The van der Waals surface area contributed by atoms with Crippen LogP contribution in [0.25, 0.3) is 5.57 Å². The van der Waals surface area contributed by atoms with Crippen molar-refractivity contribution in [3.63, 3.8) is 0 Å². The summed E-state index contributed by atoms with van der Waals surface area (Å²) in [5.41, 5.74) is 7.61. The van der Waals surface area contributed by atoms with Gasteiger partial charge in [-0.2, -0.15) is 0 Å². The molecule has 4 rings (SSSR count). The van der Waals surface area contributed by atoms with Crippen molar-refractivity contribution in [3.8, 4) is 11.5 Å². The number of phenolic OH excluding ortho intramolecular Hbond substituents is 2. The number of rotatable bonds is 12. The molecule has 0 fully saturated rings. The number of aliphatic hydroxyl groups is 1. The first-order chi connectivity index (χ1) is 19.3. The molecule has 0 saturated carbocycles. The molecule has 0 amide bonds. The molecule has 3 aromatic rings. The van der Waals surface area contributed by atoms with Gasteiger partial charge in [-0.05, 0) is 64.9 Å². The first-order valence-corrected chi connectivity index (χ1v) is 15.3. The van der Waals surface area contributed by atoms with Crippen LogP contribution in [0.2, 0.25) is 0 Å². The molecule has 3 unspecified atom stereocenters. The third-order valence-corrected chi connectivity index (χ3v) is 9.13. The molecule has 3 N–H and O–H groups in total. The Morgan fingerprint density at radius 3 is 1.88 bits per heavy atom. The molecule has 1 aliphatic rings. The van der Waals surface area contributed by atoms with E-state index in [1.807, 2.05) is 36.4 Å². The van der Waals surface area contributed by atoms with E-state index in [0.29, 0.717) is 30.2 Å². The summed E-state index contributed by atoms with van der Waals surface area (Å²) in [6, 6.07) is 20.7. The summed E-state index contributed by atoms with van der Waals surface area (Å²) in [5.74, 6) is 1.38. The maximum absolute atomic E-state index is 12.1. The van der Waals surface area contributed by atoms with E-state index in [1.165, 1.54) is 19.3 Å². The van der Waals surface area contributed by atoms with Crippen LogP contribution < -0.4 is 0 Å². The Kier molecular flexibility index (Phi) is 10.5. The standard InChI is InChI=1S/C37H48O3/c1-5-6-9-14-26(3)27(4)34-32(22-28-15-10-7-11-16-28)36(39)35(31-21-25(2)19-20-30(31)24-38)37(40)33(34)23-29-17-12-8-13-18-29/h7-8,10-13,15-18,25-27,38-40H,5-6,9,14,19-24H2,1-4H3. The van der Waals surface area contributed by atoms with E-state index in [0.717, 1.165) is 64.6 Å². The number of aliphatic hydroxyl groups excluding tert-OH is 1. The monoisotopic (exact) mass is 540 g/mol. The fourth-order valence-corrected chi connectivity index (χ4v) is 6.52. The van der Waals surface area contributed by atoms with E-state index in [1.54, 1.807) is 0 Å².